The van der Waals surface area contributed by atoms with E-state index in [-0.39, 0.29) is 4.90 Å². The number of hydrogen-bond acceptors (Lipinski definition) is 5. The fourth-order valence-corrected chi connectivity index (χ4v) is 4.50. The Balaban J connectivity index is 1.58. The van der Waals surface area contributed by atoms with E-state index >= 15 is 0 Å². The average Bonchev–Trinajstić information content (AvgIpc) is 2.69. The lowest BCUT2D eigenvalue weighted by Crippen LogP contribution is -2.49. The lowest BCUT2D eigenvalue weighted by atomic mass is 10.1. The molecular weight excluding hydrogens is 352 g/mol. The van der Waals surface area contributed by atoms with Gasteiger partial charge in [0.1, 0.15) is 5.75 Å². The van der Waals surface area contributed by atoms with Crippen LogP contribution in [-0.4, -0.2) is 62.6 Å². The number of nitrogens with zero attached hydrogens (tertiary/aromatic N) is 2. The van der Waals surface area contributed by atoms with E-state index in [0.717, 1.165) is 5.56 Å². The van der Waals surface area contributed by atoms with Gasteiger partial charge in [-0.1, -0.05) is 30.3 Å². The first kappa shape index (κ1) is 18.8. The fourth-order valence-electron chi connectivity index (χ4n) is 3.07. The molecule has 0 radical (unpaired) electrons. The molecule has 0 amide bonds. The van der Waals surface area contributed by atoms with Crippen LogP contribution in [0.4, 0.5) is 0 Å². The number of benzene rings is 2. The maximum Gasteiger partial charge on any atom is 0.243 e. The van der Waals surface area contributed by atoms with Crippen molar-refractivity contribution >= 4 is 10.0 Å². The Morgan fingerprint density at radius 1 is 1.00 bits per heavy atom. The van der Waals surface area contributed by atoms with Gasteiger partial charge in [-0.3, -0.25) is 4.90 Å². The third kappa shape index (κ3) is 4.24. The summed E-state index contributed by atoms with van der Waals surface area (Å²) < 4.78 is 32.1. The zero-order chi connectivity index (χ0) is 18.6. The van der Waals surface area contributed by atoms with Crippen LogP contribution in [-0.2, 0) is 10.0 Å². The minimum Gasteiger partial charge on any atom is -0.497 e. The van der Waals surface area contributed by atoms with E-state index in [1.54, 1.807) is 31.4 Å². The molecule has 2 aromatic carbocycles. The number of aliphatic hydroxyl groups is 1. The molecule has 0 bridgehead atoms. The Hall–Kier alpha value is -1.93. The van der Waals surface area contributed by atoms with Crippen molar-refractivity contribution in [2.45, 2.75) is 11.0 Å². The molecule has 7 heteroatoms. The van der Waals surface area contributed by atoms with Gasteiger partial charge in [-0.2, -0.15) is 4.31 Å². The van der Waals surface area contributed by atoms with Crippen LogP contribution in [0.1, 0.15) is 11.7 Å². The number of methoxy groups -OCH3 is 1. The largest absolute Gasteiger partial charge is 0.497 e. The first-order valence-corrected chi connectivity index (χ1v) is 10.0. The molecule has 0 aliphatic carbocycles. The normalized spacial score (nSPS) is 17.8. The minimum absolute atomic E-state index is 0.274. The van der Waals surface area contributed by atoms with E-state index < -0.39 is 16.1 Å². The standard InChI is InChI=1S/C19H24N2O4S/c1-25-17-7-9-18(10-8-17)26(23,24)21-13-11-20(12-14-21)15-19(22)16-5-3-2-4-6-16/h2-10,19,22H,11-15H2,1H3/t19-/m1/s1. The molecule has 6 nitrogen and oxygen atoms in total. The number of piperazine rings is 1. The molecule has 1 heterocycles. The Kier molecular flexibility index (Phi) is 5.93. The van der Waals surface area contributed by atoms with Crippen molar-refractivity contribution in [2.24, 2.45) is 0 Å². The second-order valence-corrected chi connectivity index (χ2v) is 8.24. The van der Waals surface area contributed by atoms with Crippen molar-refractivity contribution in [3.8, 4) is 5.75 Å². The zero-order valence-corrected chi connectivity index (χ0v) is 15.6. The number of ether oxygens (including phenoxy) is 1. The molecular formula is C19H24N2O4S. The van der Waals surface area contributed by atoms with Crippen LogP contribution < -0.4 is 4.74 Å². The van der Waals surface area contributed by atoms with Gasteiger partial charge < -0.3 is 9.84 Å². The van der Waals surface area contributed by atoms with E-state index in [9.17, 15) is 13.5 Å². The summed E-state index contributed by atoms with van der Waals surface area (Å²) in [4.78, 5) is 2.37. The summed E-state index contributed by atoms with van der Waals surface area (Å²) in [5, 5.41) is 10.3. The minimum atomic E-state index is -3.50. The molecule has 1 aliphatic heterocycles. The van der Waals surface area contributed by atoms with Gasteiger partial charge in [0, 0.05) is 32.7 Å². The Morgan fingerprint density at radius 3 is 2.19 bits per heavy atom. The molecule has 1 saturated heterocycles. The lowest BCUT2D eigenvalue weighted by Gasteiger charge is -2.35. The Labute approximate surface area is 154 Å². The van der Waals surface area contributed by atoms with Gasteiger partial charge in [0.25, 0.3) is 0 Å². The molecule has 26 heavy (non-hydrogen) atoms. The van der Waals surface area contributed by atoms with E-state index in [1.165, 1.54) is 4.31 Å². The highest BCUT2D eigenvalue weighted by molar-refractivity contribution is 7.89. The van der Waals surface area contributed by atoms with Crippen LogP contribution in [0, 0.1) is 0 Å². The van der Waals surface area contributed by atoms with E-state index in [1.807, 2.05) is 30.3 Å². The number of hydrogen-bond donors (Lipinski definition) is 1. The van der Waals surface area contributed by atoms with Crippen LogP contribution in [0.15, 0.2) is 59.5 Å². The summed E-state index contributed by atoms with van der Waals surface area (Å²) in [5.41, 5.74) is 0.876. The molecule has 1 atom stereocenters. The molecule has 0 saturated carbocycles. The van der Waals surface area contributed by atoms with Crippen LogP contribution in [0.5, 0.6) is 5.75 Å². The third-order valence-corrected chi connectivity index (χ3v) is 6.56. The summed E-state index contributed by atoms with van der Waals surface area (Å²) in [6.45, 7) is 2.52. The quantitative estimate of drug-likeness (QED) is 0.832. The predicted molar refractivity (Wildman–Crippen MR) is 99.6 cm³/mol. The van der Waals surface area contributed by atoms with Crippen molar-refractivity contribution in [1.29, 1.82) is 0 Å². The molecule has 140 valence electrons. The molecule has 1 N–H and O–H groups in total. The lowest BCUT2D eigenvalue weighted by molar-refractivity contribution is 0.0921. The second kappa shape index (κ2) is 8.18. The van der Waals surface area contributed by atoms with Crippen molar-refractivity contribution in [1.82, 2.24) is 9.21 Å². The Morgan fingerprint density at radius 2 is 1.62 bits per heavy atom. The fraction of sp³-hybridized carbons (Fsp3) is 0.368. The smallest absolute Gasteiger partial charge is 0.243 e. The number of aliphatic hydroxyl groups excluding tert-OH is 1. The number of rotatable bonds is 6. The highest BCUT2D eigenvalue weighted by Crippen LogP contribution is 2.21. The maximum atomic E-state index is 12.8. The van der Waals surface area contributed by atoms with Crippen LogP contribution in [0.25, 0.3) is 0 Å². The molecule has 1 fully saturated rings. The predicted octanol–water partition coefficient (Wildman–Crippen LogP) is 1.74. The summed E-state index contributed by atoms with van der Waals surface area (Å²) >= 11 is 0. The molecule has 3 rings (SSSR count). The van der Waals surface area contributed by atoms with Crippen LogP contribution in [0.3, 0.4) is 0 Å². The molecule has 0 aromatic heterocycles. The average molecular weight is 376 g/mol. The molecule has 2 aromatic rings. The SMILES string of the molecule is COc1ccc(S(=O)(=O)N2CCN(C[C@@H](O)c3ccccc3)CC2)cc1. The third-order valence-electron chi connectivity index (χ3n) is 4.64. The highest BCUT2D eigenvalue weighted by atomic mass is 32.2. The summed E-state index contributed by atoms with van der Waals surface area (Å²) in [6.07, 6.45) is -0.569. The first-order chi connectivity index (χ1) is 12.5. The Bertz CT molecular complexity index is 801. The van der Waals surface area contributed by atoms with Crippen molar-refractivity contribution in [3.63, 3.8) is 0 Å². The number of sulfonamides is 1. The van der Waals surface area contributed by atoms with Gasteiger partial charge in [-0.15, -0.1) is 0 Å². The van der Waals surface area contributed by atoms with Gasteiger partial charge in [0.2, 0.25) is 10.0 Å². The summed E-state index contributed by atoms with van der Waals surface area (Å²) in [7, 11) is -1.95. The summed E-state index contributed by atoms with van der Waals surface area (Å²) in [5.74, 6) is 0.628. The molecule has 1 aliphatic rings. The highest BCUT2D eigenvalue weighted by Gasteiger charge is 2.29. The first-order valence-electron chi connectivity index (χ1n) is 8.60. The monoisotopic (exact) mass is 376 g/mol. The van der Waals surface area contributed by atoms with E-state index in [4.69, 9.17) is 4.74 Å². The van der Waals surface area contributed by atoms with Gasteiger partial charge >= 0.3 is 0 Å². The second-order valence-electron chi connectivity index (χ2n) is 6.31. The number of β-amino-alcohol motifs (C(OH)–C–C–N with tert-alkyl or cyclic N) is 1. The van der Waals surface area contributed by atoms with Crippen LogP contribution >= 0.6 is 0 Å². The van der Waals surface area contributed by atoms with Crippen molar-refractivity contribution in [3.05, 3.63) is 60.2 Å². The van der Waals surface area contributed by atoms with Crippen molar-refractivity contribution < 1.29 is 18.3 Å². The van der Waals surface area contributed by atoms with Crippen LogP contribution in [0.2, 0.25) is 0 Å². The van der Waals surface area contributed by atoms with E-state index in [0.29, 0.717) is 38.5 Å². The van der Waals surface area contributed by atoms with Crippen molar-refractivity contribution in [2.75, 3.05) is 39.8 Å². The van der Waals surface area contributed by atoms with Gasteiger partial charge in [0.15, 0.2) is 0 Å². The summed E-state index contributed by atoms with van der Waals surface area (Å²) in [6, 6.07) is 16.0. The zero-order valence-electron chi connectivity index (χ0n) is 14.8. The van der Waals surface area contributed by atoms with E-state index in [2.05, 4.69) is 4.90 Å². The maximum absolute atomic E-state index is 12.8. The van der Waals surface area contributed by atoms with Gasteiger partial charge in [-0.25, -0.2) is 8.42 Å². The van der Waals surface area contributed by atoms with Gasteiger partial charge in [0.05, 0.1) is 18.1 Å². The molecule has 0 spiro atoms. The molecule has 0 unspecified atom stereocenters. The topological polar surface area (TPSA) is 70.1 Å². The van der Waals surface area contributed by atoms with Gasteiger partial charge in [-0.05, 0) is 29.8 Å².